The minimum absolute atomic E-state index is 0.477. The maximum absolute atomic E-state index is 3.66. The zero-order valence-electron chi connectivity index (χ0n) is 5.07. The third-order valence-electron chi connectivity index (χ3n) is 1.03. The maximum atomic E-state index is 3.66. The summed E-state index contributed by atoms with van der Waals surface area (Å²) in [6.07, 6.45) is 3.43. The molecule has 0 spiro atoms. The summed E-state index contributed by atoms with van der Waals surface area (Å²) < 4.78 is 1.94. The first kappa shape index (κ1) is 5.28. The summed E-state index contributed by atoms with van der Waals surface area (Å²) in [5.41, 5.74) is 0. The van der Waals surface area contributed by atoms with Gasteiger partial charge in [-0.1, -0.05) is 0 Å². The molecule has 1 heterocycles. The molecule has 0 aliphatic heterocycles. The van der Waals surface area contributed by atoms with Gasteiger partial charge in [0.25, 0.3) is 0 Å². The Hall–Kier alpha value is -0.860. The van der Waals surface area contributed by atoms with Crippen LogP contribution >= 0.6 is 0 Å². The molecule has 0 N–H and O–H groups in total. The van der Waals surface area contributed by atoms with Crippen LogP contribution in [0.2, 0.25) is 0 Å². The van der Waals surface area contributed by atoms with Gasteiger partial charge in [-0.05, 0) is 13.8 Å². The van der Waals surface area contributed by atoms with Gasteiger partial charge in [-0.15, -0.1) is 10.2 Å². The van der Waals surface area contributed by atoms with Crippen LogP contribution in [-0.4, -0.2) is 14.8 Å². The summed E-state index contributed by atoms with van der Waals surface area (Å²) in [6.45, 7) is 4.17. The van der Waals surface area contributed by atoms with E-state index in [9.17, 15) is 0 Å². The molecule has 0 aromatic carbocycles. The van der Waals surface area contributed by atoms with Crippen LogP contribution in [0, 0.1) is 0 Å². The van der Waals surface area contributed by atoms with Crippen LogP contribution in [0.4, 0.5) is 0 Å². The standard InChI is InChI=1S/C5H9N3/c1-5(2)8-3-6-7-4-8/h3-5H,1-2H3. The molecule has 0 radical (unpaired) electrons. The van der Waals surface area contributed by atoms with Crippen molar-refractivity contribution in [3.05, 3.63) is 12.7 Å². The third-order valence-corrected chi connectivity index (χ3v) is 1.03. The van der Waals surface area contributed by atoms with Gasteiger partial charge in [0.1, 0.15) is 12.7 Å². The van der Waals surface area contributed by atoms with Gasteiger partial charge in [-0.25, -0.2) is 0 Å². The van der Waals surface area contributed by atoms with E-state index in [1.165, 1.54) is 0 Å². The highest BCUT2D eigenvalue weighted by molar-refractivity contribution is 4.64. The fourth-order valence-electron chi connectivity index (χ4n) is 0.475. The Morgan fingerprint density at radius 3 is 2.00 bits per heavy atom. The fourth-order valence-corrected chi connectivity index (χ4v) is 0.475. The van der Waals surface area contributed by atoms with E-state index in [0.29, 0.717) is 6.04 Å². The Kier molecular flexibility index (Phi) is 1.28. The first-order chi connectivity index (χ1) is 3.80. The molecule has 3 heteroatoms. The average molecular weight is 111 g/mol. The second-order valence-electron chi connectivity index (χ2n) is 2.00. The zero-order valence-corrected chi connectivity index (χ0v) is 5.07. The Morgan fingerprint density at radius 2 is 1.75 bits per heavy atom. The van der Waals surface area contributed by atoms with E-state index in [2.05, 4.69) is 24.0 Å². The molecular formula is C5H9N3. The van der Waals surface area contributed by atoms with Crippen molar-refractivity contribution in [2.75, 3.05) is 0 Å². The molecule has 0 bridgehead atoms. The van der Waals surface area contributed by atoms with E-state index in [-0.39, 0.29) is 0 Å². The molecule has 3 nitrogen and oxygen atoms in total. The van der Waals surface area contributed by atoms with Crippen LogP contribution in [0.3, 0.4) is 0 Å². The lowest BCUT2D eigenvalue weighted by atomic mass is 10.4. The van der Waals surface area contributed by atoms with E-state index in [1.54, 1.807) is 12.7 Å². The summed E-state index contributed by atoms with van der Waals surface area (Å²) in [4.78, 5) is 0. The maximum Gasteiger partial charge on any atom is 0.119 e. The van der Waals surface area contributed by atoms with Crippen molar-refractivity contribution in [1.29, 1.82) is 0 Å². The summed E-state index contributed by atoms with van der Waals surface area (Å²) in [5, 5.41) is 7.31. The summed E-state index contributed by atoms with van der Waals surface area (Å²) in [7, 11) is 0. The third kappa shape index (κ3) is 0.857. The fraction of sp³-hybridized carbons (Fsp3) is 0.600. The van der Waals surface area contributed by atoms with Crippen LogP contribution in [-0.2, 0) is 0 Å². The summed E-state index contributed by atoms with van der Waals surface area (Å²) in [6, 6.07) is 0.477. The average Bonchev–Trinajstić information content (AvgIpc) is 2.12. The molecule has 0 aliphatic rings. The topological polar surface area (TPSA) is 30.7 Å². The normalized spacial score (nSPS) is 10.4. The van der Waals surface area contributed by atoms with Crippen molar-refractivity contribution < 1.29 is 0 Å². The van der Waals surface area contributed by atoms with Crippen LogP contribution in [0.25, 0.3) is 0 Å². The van der Waals surface area contributed by atoms with Crippen molar-refractivity contribution in [2.24, 2.45) is 0 Å². The Balaban J connectivity index is 2.77. The van der Waals surface area contributed by atoms with Gasteiger partial charge in [0.05, 0.1) is 0 Å². The first-order valence-corrected chi connectivity index (χ1v) is 2.65. The molecule has 0 unspecified atom stereocenters. The number of hydrogen-bond donors (Lipinski definition) is 0. The molecule has 0 amide bonds. The number of rotatable bonds is 1. The Morgan fingerprint density at radius 1 is 1.25 bits per heavy atom. The molecule has 0 fully saturated rings. The lowest BCUT2D eigenvalue weighted by Gasteiger charge is -2.01. The van der Waals surface area contributed by atoms with Gasteiger partial charge in [0.15, 0.2) is 0 Å². The van der Waals surface area contributed by atoms with Gasteiger partial charge in [0.2, 0.25) is 0 Å². The van der Waals surface area contributed by atoms with E-state index < -0.39 is 0 Å². The van der Waals surface area contributed by atoms with Crippen molar-refractivity contribution >= 4 is 0 Å². The highest BCUT2D eigenvalue weighted by atomic mass is 15.2. The largest absolute Gasteiger partial charge is 0.318 e. The summed E-state index contributed by atoms with van der Waals surface area (Å²) in [5.74, 6) is 0. The lowest BCUT2D eigenvalue weighted by molar-refractivity contribution is 0.597. The molecule has 44 valence electrons. The lowest BCUT2D eigenvalue weighted by Crippen LogP contribution is -1.95. The van der Waals surface area contributed by atoms with Crippen molar-refractivity contribution in [3.63, 3.8) is 0 Å². The van der Waals surface area contributed by atoms with E-state index >= 15 is 0 Å². The smallest absolute Gasteiger partial charge is 0.119 e. The minimum atomic E-state index is 0.477. The van der Waals surface area contributed by atoms with Crippen molar-refractivity contribution in [3.8, 4) is 0 Å². The quantitative estimate of drug-likeness (QED) is 0.538. The second kappa shape index (κ2) is 1.94. The highest BCUT2D eigenvalue weighted by Crippen LogP contribution is 1.98. The van der Waals surface area contributed by atoms with Gasteiger partial charge in [-0.2, -0.15) is 0 Å². The van der Waals surface area contributed by atoms with Crippen LogP contribution in [0.15, 0.2) is 12.7 Å². The molecule has 8 heavy (non-hydrogen) atoms. The van der Waals surface area contributed by atoms with E-state index in [1.807, 2.05) is 4.57 Å². The van der Waals surface area contributed by atoms with Crippen LogP contribution in [0.5, 0.6) is 0 Å². The SMILES string of the molecule is CC(C)n1cnnc1. The Bertz CT molecular complexity index is 143. The van der Waals surface area contributed by atoms with Gasteiger partial charge >= 0.3 is 0 Å². The zero-order chi connectivity index (χ0) is 5.98. The predicted molar refractivity (Wildman–Crippen MR) is 30.4 cm³/mol. The van der Waals surface area contributed by atoms with Crippen molar-refractivity contribution in [1.82, 2.24) is 14.8 Å². The highest BCUT2D eigenvalue weighted by Gasteiger charge is 1.92. The van der Waals surface area contributed by atoms with E-state index in [0.717, 1.165) is 0 Å². The molecule has 1 aromatic heterocycles. The second-order valence-corrected chi connectivity index (χ2v) is 2.00. The van der Waals surface area contributed by atoms with E-state index in [4.69, 9.17) is 0 Å². The number of nitrogens with zero attached hydrogens (tertiary/aromatic N) is 3. The first-order valence-electron chi connectivity index (χ1n) is 2.65. The molecule has 1 rings (SSSR count). The monoisotopic (exact) mass is 111 g/mol. The number of hydrogen-bond acceptors (Lipinski definition) is 2. The molecule has 1 aromatic rings. The summed E-state index contributed by atoms with van der Waals surface area (Å²) >= 11 is 0. The molecule has 0 atom stereocenters. The molecular weight excluding hydrogens is 102 g/mol. The van der Waals surface area contributed by atoms with Gasteiger partial charge in [0, 0.05) is 6.04 Å². The molecule has 0 saturated carbocycles. The van der Waals surface area contributed by atoms with Crippen molar-refractivity contribution in [2.45, 2.75) is 19.9 Å². The number of aromatic nitrogens is 3. The predicted octanol–water partition coefficient (Wildman–Crippen LogP) is 0.859. The molecule has 0 saturated heterocycles. The molecule has 0 aliphatic carbocycles. The van der Waals surface area contributed by atoms with Gasteiger partial charge in [-0.3, -0.25) is 0 Å². The van der Waals surface area contributed by atoms with Crippen LogP contribution in [0.1, 0.15) is 19.9 Å². The minimum Gasteiger partial charge on any atom is -0.318 e. The van der Waals surface area contributed by atoms with Crippen LogP contribution < -0.4 is 0 Å². The van der Waals surface area contributed by atoms with Gasteiger partial charge < -0.3 is 4.57 Å². The Labute approximate surface area is 48.4 Å².